The first-order valence-electron chi connectivity index (χ1n) is 8.81. The summed E-state index contributed by atoms with van der Waals surface area (Å²) in [4.78, 5) is 0. The first kappa shape index (κ1) is 14.5. The van der Waals surface area contributed by atoms with Crippen molar-refractivity contribution < 1.29 is 9.84 Å². The lowest BCUT2D eigenvalue weighted by atomic mass is 9.79. The summed E-state index contributed by atoms with van der Waals surface area (Å²) in [6.45, 7) is 0.651. The lowest BCUT2D eigenvalue weighted by Gasteiger charge is -2.32. The van der Waals surface area contributed by atoms with Gasteiger partial charge in [-0.3, -0.25) is 0 Å². The minimum absolute atomic E-state index is 0.450. The molecule has 1 aromatic carbocycles. The Kier molecular flexibility index (Phi) is 3.87. The van der Waals surface area contributed by atoms with Crippen molar-refractivity contribution in [3.63, 3.8) is 0 Å². The molecule has 3 nitrogen and oxygen atoms in total. The van der Waals surface area contributed by atoms with Crippen LogP contribution in [0.5, 0.6) is 5.75 Å². The van der Waals surface area contributed by atoms with E-state index in [9.17, 15) is 5.11 Å². The third-order valence-electron chi connectivity index (χ3n) is 6.48. The van der Waals surface area contributed by atoms with Crippen LogP contribution in [0.2, 0.25) is 0 Å². The van der Waals surface area contributed by atoms with Crippen molar-refractivity contribution in [2.45, 2.75) is 44.2 Å². The van der Waals surface area contributed by atoms with Gasteiger partial charge in [0.05, 0.1) is 13.2 Å². The number of hydrogen-bond acceptors (Lipinski definition) is 3. The van der Waals surface area contributed by atoms with E-state index in [-0.39, 0.29) is 0 Å². The van der Waals surface area contributed by atoms with Crippen LogP contribution in [-0.4, -0.2) is 24.8 Å². The largest absolute Gasteiger partial charge is 0.497 e. The van der Waals surface area contributed by atoms with Crippen LogP contribution in [0.25, 0.3) is 0 Å². The fraction of sp³-hybridized carbons (Fsp3) is 0.684. The summed E-state index contributed by atoms with van der Waals surface area (Å²) in [6, 6.07) is 8.39. The number of hydrogen-bond donors (Lipinski definition) is 2. The van der Waals surface area contributed by atoms with Crippen molar-refractivity contribution in [2.75, 3.05) is 13.7 Å². The van der Waals surface area contributed by atoms with Gasteiger partial charge in [0.1, 0.15) is 5.75 Å². The van der Waals surface area contributed by atoms with Gasteiger partial charge in [0.2, 0.25) is 0 Å². The Morgan fingerprint density at radius 1 is 1.23 bits per heavy atom. The summed E-state index contributed by atoms with van der Waals surface area (Å²) < 4.78 is 5.24. The average Bonchev–Trinajstić information content (AvgIpc) is 3.25. The van der Waals surface area contributed by atoms with Gasteiger partial charge in [-0.25, -0.2) is 0 Å². The topological polar surface area (TPSA) is 41.5 Å². The summed E-state index contributed by atoms with van der Waals surface area (Å²) in [6.07, 6.45) is 6.68. The van der Waals surface area contributed by atoms with Gasteiger partial charge in [-0.05, 0) is 67.1 Å². The molecule has 22 heavy (non-hydrogen) atoms. The average molecular weight is 301 g/mol. The highest BCUT2D eigenvalue weighted by Crippen LogP contribution is 2.58. The van der Waals surface area contributed by atoms with Gasteiger partial charge in [0.15, 0.2) is 0 Å². The molecule has 2 N–H and O–H groups in total. The molecule has 3 fully saturated rings. The molecule has 3 heteroatoms. The molecule has 6 atom stereocenters. The van der Waals surface area contributed by atoms with Gasteiger partial charge in [-0.15, -0.1) is 0 Å². The van der Waals surface area contributed by atoms with Gasteiger partial charge in [-0.2, -0.15) is 0 Å². The number of aliphatic hydroxyl groups excluding tert-OH is 1. The highest BCUT2D eigenvalue weighted by molar-refractivity contribution is 5.30. The fourth-order valence-electron chi connectivity index (χ4n) is 5.53. The number of benzene rings is 1. The molecule has 0 radical (unpaired) electrons. The Balaban J connectivity index is 1.35. The highest BCUT2D eigenvalue weighted by atomic mass is 16.5. The Morgan fingerprint density at radius 3 is 2.95 bits per heavy atom. The van der Waals surface area contributed by atoms with Crippen LogP contribution in [0, 0.1) is 23.7 Å². The van der Waals surface area contributed by atoms with Crippen LogP contribution in [0.3, 0.4) is 0 Å². The molecule has 3 saturated carbocycles. The third kappa shape index (κ3) is 2.44. The van der Waals surface area contributed by atoms with Crippen LogP contribution in [0.15, 0.2) is 24.3 Å². The van der Waals surface area contributed by atoms with Crippen LogP contribution >= 0.6 is 0 Å². The van der Waals surface area contributed by atoms with Crippen molar-refractivity contribution in [3.8, 4) is 5.75 Å². The van der Waals surface area contributed by atoms with Crippen molar-refractivity contribution in [3.05, 3.63) is 29.8 Å². The number of rotatable bonds is 5. The molecule has 1 aromatic rings. The predicted octanol–water partition coefficient (Wildman–Crippen LogP) is 3.14. The van der Waals surface area contributed by atoms with E-state index in [1.165, 1.54) is 32.1 Å². The summed E-state index contributed by atoms with van der Waals surface area (Å²) in [5.41, 5.74) is 0.939. The molecule has 3 aliphatic rings. The number of methoxy groups -OCH3 is 1. The fourth-order valence-corrected chi connectivity index (χ4v) is 5.53. The maximum absolute atomic E-state index is 10.4. The van der Waals surface area contributed by atoms with Crippen molar-refractivity contribution >= 4 is 0 Å². The van der Waals surface area contributed by atoms with E-state index in [1.54, 1.807) is 7.11 Å². The zero-order valence-electron chi connectivity index (χ0n) is 13.4. The SMILES string of the molecule is COc1cccc([C@H](O)CN[C@@H]2C[C@H]3C[C@H]2[C@@H]2CCC[C@H]32)c1. The monoisotopic (exact) mass is 301 g/mol. The maximum Gasteiger partial charge on any atom is 0.119 e. The minimum atomic E-state index is -0.450. The molecule has 4 rings (SSSR count). The lowest BCUT2D eigenvalue weighted by molar-refractivity contribution is 0.148. The first-order chi connectivity index (χ1) is 10.8. The summed E-state index contributed by atoms with van der Waals surface area (Å²) in [5, 5.41) is 14.1. The first-order valence-corrected chi connectivity index (χ1v) is 8.81. The summed E-state index contributed by atoms with van der Waals surface area (Å²) in [5.74, 6) is 4.65. The summed E-state index contributed by atoms with van der Waals surface area (Å²) in [7, 11) is 1.66. The molecule has 0 heterocycles. The second kappa shape index (κ2) is 5.86. The van der Waals surface area contributed by atoms with Crippen molar-refractivity contribution in [1.82, 2.24) is 5.32 Å². The van der Waals surface area contributed by atoms with E-state index in [0.29, 0.717) is 12.6 Å². The van der Waals surface area contributed by atoms with Gasteiger partial charge < -0.3 is 15.2 Å². The molecule has 0 saturated heterocycles. The molecule has 3 aliphatic carbocycles. The van der Waals surface area contributed by atoms with Gasteiger partial charge >= 0.3 is 0 Å². The van der Waals surface area contributed by atoms with E-state index >= 15 is 0 Å². The highest BCUT2D eigenvalue weighted by Gasteiger charge is 2.53. The molecule has 0 aliphatic heterocycles. The molecule has 2 bridgehead atoms. The normalized spacial score (nSPS) is 37.3. The van der Waals surface area contributed by atoms with Gasteiger partial charge in [0, 0.05) is 12.6 Å². The van der Waals surface area contributed by atoms with Crippen LogP contribution in [-0.2, 0) is 0 Å². The zero-order valence-corrected chi connectivity index (χ0v) is 13.4. The standard InChI is InChI=1S/C19H27NO2/c1-22-14-5-2-4-12(8-14)19(21)11-20-18-10-13-9-17(18)16-7-3-6-15(13)16/h2,4-5,8,13,15-21H,3,6-7,9-11H2,1H3/t13-,15-,16-,17+,18-,19-/m1/s1. The Morgan fingerprint density at radius 2 is 2.09 bits per heavy atom. The smallest absolute Gasteiger partial charge is 0.119 e. The maximum atomic E-state index is 10.4. The number of fused-ring (bicyclic) bond motifs is 5. The van der Waals surface area contributed by atoms with Crippen LogP contribution in [0.1, 0.15) is 43.8 Å². The zero-order chi connectivity index (χ0) is 15.1. The molecular formula is C19H27NO2. The predicted molar refractivity (Wildman–Crippen MR) is 86.8 cm³/mol. The Bertz CT molecular complexity index is 532. The van der Waals surface area contributed by atoms with Crippen LogP contribution in [0.4, 0.5) is 0 Å². The van der Waals surface area contributed by atoms with E-state index in [1.807, 2.05) is 24.3 Å². The Labute approximate surface area is 133 Å². The molecule has 0 aromatic heterocycles. The molecule has 0 unspecified atom stereocenters. The molecule has 120 valence electrons. The third-order valence-corrected chi connectivity index (χ3v) is 6.48. The van der Waals surface area contributed by atoms with Crippen LogP contribution < -0.4 is 10.1 Å². The summed E-state index contributed by atoms with van der Waals surface area (Å²) >= 11 is 0. The number of nitrogens with one attached hydrogen (secondary N) is 1. The number of ether oxygens (including phenoxy) is 1. The lowest BCUT2D eigenvalue weighted by Crippen LogP contribution is -2.41. The second-order valence-corrected chi connectivity index (χ2v) is 7.46. The van der Waals surface area contributed by atoms with Crippen molar-refractivity contribution in [1.29, 1.82) is 0 Å². The minimum Gasteiger partial charge on any atom is -0.497 e. The molecule has 0 amide bonds. The quantitative estimate of drug-likeness (QED) is 0.878. The van der Waals surface area contributed by atoms with Gasteiger partial charge in [-0.1, -0.05) is 18.6 Å². The van der Waals surface area contributed by atoms with E-state index in [0.717, 1.165) is 35.0 Å². The van der Waals surface area contributed by atoms with E-state index in [2.05, 4.69) is 5.32 Å². The Hall–Kier alpha value is -1.06. The van der Waals surface area contributed by atoms with Gasteiger partial charge in [0.25, 0.3) is 0 Å². The van der Waals surface area contributed by atoms with E-state index in [4.69, 9.17) is 4.74 Å². The molecule has 0 spiro atoms. The number of aliphatic hydroxyl groups is 1. The van der Waals surface area contributed by atoms with E-state index < -0.39 is 6.10 Å². The van der Waals surface area contributed by atoms with Crippen molar-refractivity contribution in [2.24, 2.45) is 23.7 Å². The molecular weight excluding hydrogens is 274 g/mol. The second-order valence-electron chi connectivity index (χ2n) is 7.46.